The van der Waals surface area contributed by atoms with Crippen LogP contribution in [0, 0.1) is 13.8 Å². The Morgan fingerprint density at radius 1 is 1.28 bits per heavy atom. The average Bonchev–Trinajstić information content (AvgIpc) is 3.20. The number of ether oxygens (including phenoxy) is 1. The molecule has 0 bridgehead atoms. The smallest absolute Gasteiger partial charge is 0.246 e. The van der Waals surface area contributed by atoms with Crippen LogP contribution in [-0.2, 0) is 11.3 Å². The van der Waals surface area contributed by atoms with E-state index < -0.39 is 0 Å². The number of hydrogen-bond acceptors (Lipinski definition) is 6. The van der Waals surface area contributed by atoms with E-state index in [0.717, 1.165) is 32.1 Å². The third kappa shape index (κ3) is 5.06. The van der Waals surface area contributed by atoms with Crippen molar-refractivity contribution in [3.05, 3.63) is 41.0 Å². The summed E-state index contributed by atoms with van der Waals surface area (Å²) in [5.74, 6) is 1.95. The van der Waals surface area contributed by atoms with Gasteiger partial charge in [-0.2, -0.15) is 4.98 Å². The first-order valence-electron chi connectivity index (χ1n) is 10.2. The Morgan fingerprint density at radius 3 is 2.72 bits per heavy atom. The zero-order chi connectivity index (χ0) is 20.8. The molecule has 0 aliphatic carbocycles. The van der Waals surface area contributed by atoms with Gasteiger partial charge in [-0.05, 0) is 44.9 Å². The van der Waals surface area contributed by atoms with Crippen molar-refractivity contribution in [3.8, 4) is 0 Å². The number of guanidine groups is 1. The summed E-state index contributed by atoms with van der Waals surface area (Å²) >= 11 is 0. The zero-order valence-corrected chi connectivity index (χ0v) is 18.1. The standard InChI is InChI=1S/C21H32N6O2/c1-6-28-17(4)20-24-19(29-25-20)14-23-21(22-5)27-12-10-26(11-13-27)18-9-7-8-15(2)16(18)3/h7-9,17H,6,10-14H2,1-5H3,(H,22,23). The summed E-state index contributed by atoms with van der Waals surface area (Å²) in [5, 5.41) is 7.33. The summed E-state index contributed by atoms with van der Waals surface area (Å²) in [6.07, 6.45) is -0.171. The predicted octanol–water partition coefficient (Wildman–Crippen LogP) is 2.68. The topological polar surface area (TPSA) is 79.0 Å². The fourth-order valence-corrected chi connectivity index (χ4v) is 3.55. The highest BCUT2D eigenvalue weighted by molar-refractivity contribution is 5.80. The molecule has 0 spiro atoms. The lowest BCUT2D eigenvalue weighted by atomic mass is 10.1. The van der Waals surface area contributed by atoms with Gasteiger partial charge in [0.25, 0.3) is 0 Å². The molecule has 1 aromatic heterocycles. The van der Waals surface area contributed by atoms with E-state index in [1.807, 2.05) is 13.8 Å². The van der Waals surface area contributed by atoms with E-state index in [2.05, 4.69) is 62.3 Å². The van der Waals surface area contributed by atoms with Crippen molar-refractivity contribution < 1.29 is 9.26 Å². The van der Waals surface area contributed by atoms with Gasteiger partial charge < -0.3 is 24.4 Å². The minimum Gasteiger partial charge on any atom is -0.371 e. The van der Waals surface area contributed by atoms with Crippen LogP contribution in [0.15, 0.2) is 27.7 Å². The van der Waals surface area contributed by atoms with Gasteiger partial charge in [-0.3, -0.25) is 4.99 Å². The number of nitrogens with one attached hydrogen (secondary N) is 1. The first kappa shape index (κ1) is 21.1. The van der Waals surface area contributed by atoms with Crippen molar-refractivity contribution >= 4 is 11.6 Å². The van der Waals surface area contributed by atoms with Gasteiger partial charge in [-0.1, -0.05) is 17.3 Å². The molecule has 0 radical (unpaired) electrons. The zero-order valence-electron chi connectivity index (χ0n) is 18.1. The summed E-state index contributed by atoms with van der Waals surface area (Å²) in [6, 6.07) is 6.51. The number of benzene rings is 1. The molecule has 8 nitrogen and oxygen atoms in total. The van der Waals surface area contributed by atoms with Crippen LogP contribution in [-0.4, -0.2) is 60.8 Å². The molecule has 1 aromatic carbocycles. The van der Waals surface area contributed by atoms with Crippen molar-refractivity contribution in [2.45, 2.75) is 40.3 Å². The number of aromatic nitrogens is 2. The number of rotatable bonds is 6. The van der Waals surface area contributed by atoms with E-state index in [4.69, 9.17) is 9.26 Å². The number of anilines is 1. The second-order valence-corrected chi connectivity index (χ2v) is 7.24. The third-order valence-corrected chi connectivity index (χ3v) is 5.37. The number of aryl methyl sites for hydroxylation is 1. The van der Waals surface area contributed by atoms with Crippen LogP contribution in [0.4, 0.5) is 5.69 Å². The normalized spacial score (nSPS) is 16.2. The van der Waals surface area contributed by atoms with E-state index in [9.17, 15) is 0 Å². The van der Waals surface area contributed by atoms with E-state index >= 15 is 0 Å². The lowest BCUT2D eigenvalue weighted by Gasteiger charge is -2.38. The molecule has 1 aliphatic rings. The van der Waals surface area contributed by atoms with Crippen molar-refractivity contribution in [2.75, 3.05) is 44.7 Å². The lowest BCUT2D eigenvalue weighted by molar-refractivity contribution is 0.0683. The van der Waals surface area contributed by atoms with Crippen molar-refractivity contribution in [3.63, 3.8) is 0 Å². The van der Waals surface area contributed by atoms with Gasteiger partial charge in [-0.15, -0.1) is 0 Å². The Bertz CT molecular complexity index is 826. The maximum absolute atomic E-state index is 5.50. The van der Waals surface area contributed by atoms with Crippen LogP contribution in [0.5, 0.6) is 0 Å². The van der Waals surface area contributed by atoms with Crippen molar-refractivity contribution in [2.24, 2.45) is 4.99 Å². The summed E-state index contributed by atoms with van der Waals surface area (Å²) in [6.45, 7) is 13.0. The molecule has 3 rings (SSSR count). The second kappa shape index (κ2) is 9.73. The molecule has 1 unspecified atom stereocenters. The quantitative estimate of drug-likeness (QED) is 0.590. The lowest BCUT2D eigenvalue weighted by Crippen LogP contribution is -2.52. The highest BCUT2D eigenvalue weighted by atomic mass is 16.5. The number of hydrogen-bond donors (Lipinski definition) is 1. The fourth-order valence-electron chi connectivity index (χ4n) is 3.55. The number of piperazine rings is 1. The summed E-state index contributed by atoms with van der Waals surface area (Å²) in [7, 11) is 1.80. The van der Waals surface area contributed by atoms with E-state index in [-0.39, 0.29) is 6.10 Å². The van der Waals surface area contributed by atoms with Gasteiger partial charge in [0.15, 0.2) is 11.8 Å². The van der Waals surface area contributed by atoms with E-state index in [1.165, 1.54) is 16.8 Å². The molecule has 29 heavy (non-hydrogen) atoms. The Balaban J connectivity index is 1.54. The van der Waals surface area contributed by atoms with Crippen molar-refractivity contribution in [1.29, 1.82) is 0 Å². The number of nitrogens with zero attached hydrogens (tertiary/aromatic N) is 5. The van der Waals surface area contributed by atoms with Crippen LogP contribution < -0.4 is 10.2 Å². The summed E-state index contributed by atoms with van der Waals surface area (Å²) in [5.41, 5.74) is 4.02. The Hall–Kier alpha value is -2.61. The molecule has 2 heterocycles. The number of aliphatic imine (C=N–C) groups is 1. The van der Waals surface area contributed by atoms with Crippen LogP contribution in [0.1, 0.15) is 42.8 Å². The van der Waals surface area contributed by atoms with Gasteiger partial charge >= 0.3 is 0 Å². The Kier molecular flexibility index (Phi) is 7.09. The molecule has 1 aliphatic heterocycles. The SMILES string of the molecule is CCOC(C)c1noc(CNC(=NC)N2CCN(c3cccc(C)c3C)CC2)n1. The highest BCUT2D eigenvalue weighted by Crippen LogP contribution is 2.23. The predicted molar refractivity (Wildman–Crippen MR) is 114 cm³/mol. The minimum atomic E-state index is -0.171. The van der Waals surface area contributed by atoms with Crippen LogP contribution in [0.3, 0.4) is 0 Å². The molecule has 1 fully saturated rings. The molecule has 2 aromatic rings. The minimum absolute atomic E-state index is 0.171. The molecule has 1 atom stereocenters. The van der Waals surface area contributed by atoms with E-state index in [0.29, 0.717) is 24.9 Å². The van der Waals surface area contributed by atoms with Gasteiger partial charge in [0, 0.05) is 45.5 Å². The van der Waals surface area contributed by atoms with Crippen molar-refractivity contribution in [1.82, 2.24) is 20.4 Å². The molecule has 158 valence electrons. The molecule has 0 amide bonds. The van der Waals surface area contributed by atoms with Crippen LogP contribution in [0.25, 0.3) is 0 Å². The molecule has 8 heteroatoms. The molecule has 1 saturated heterocycles. The average molecular weight is 401 g/mol. The Labute approximate surface area is 172 Å². The largest absolute Gasteiger partial charge is 0.371 e. The Morgan fingerprint density at radius 2 is 2.03 bits per heavy atom. The van der Waals surface area contributed by atoms with Gasteiger partial charge in [0.05, 0.1) is 6.54 Å². The monoisotopic (exact) mass is 400 g/mol. The van der Waals surface area contributed by atoms with E-state index in [1.54, 1.807) is 7.05 Å². The molecular formula is C21H32N6O2. The van der Waals surface area contributed by atoms with Gasteiger partial charge in [0.1, 0.15) is 6.10 Å². The third-order valence-electron chi connectivity index (χ3n) is 5.37. The first-order valence-corrected chi connectivity index (χ1v) is 10.2. The van der Waals surface area contributed by atoms with Gasteiger partial charge in [0.2, 0.25) is 5.89 Å². The molecule has 1 N–H and O–H groups in total. The summed E-state index contributed by atoms with van der Waals surface area (Å²) < 4.78 is 10.8. The van der Waals surface area contributed by atoms with Crippen LogP contribution in [0.2, 0.25) is 0 Å². The maximum Gasteiger partial charge on any atom is 0.246 e. The second-order valence-electron chi connectivity index (χ2n) is 7.24. The maximum atomic E-state index is 5.50. The van der Waals surface area contributed by atoms with Gasteiger partial charge in [-0.25, -0.2) is 0 Å². The molecule has 0 saturated carbocycles. The fraction of sp³-hybridized carbons (Fsp3) is 0.571. The van der Waals surface area contributed by atoms with Crippen LogP contribution >= 0.6 is 0 Å². The highest BCUT2D eigenvalue weighted by Gasteiger charge is 2.21. The molecular weight excluding hydrogens is 368 g/mol. The first-order chi connectivity index (χ1) is 14.0. The summed E-state index contributed by atoms with van der Waals surface area (Å²) in [4.78, 5) is 13.5.